The van der Waals surface area contributed by atoms with Crippen molar-refractivity contribution in [1.82, 2.24) is 5.32 Å². The third kappa shape index (κ3) is 5.85. The summed E-state index contributed by atoms with van der Waals surface area (Å²) in [5.41, 5.74) is 0.925. The van der Waals surface area contributed by atoms with Crippen molar-refractivity contribution < 1.29 is 28.6 Å². The van der Waals surface area contributed by atoms with Gasteiger partial charge in [-0.15, -0.1) is 0 Å². The number of ether oxygens (including phenoxy) is 2. The number of benzene rings is 2. The molecule has 1 heterocycles. The van der Waals surface area contributed by atoms with Crippen LogP contribution in [0.4, 0.5) is 4.39 Å². The molecule has 2 aromatic rings. The highest BCUT2D eigenvalue weighted by Gasteiger charge is 2.41. The second kappa shape index (κ2) is 9.69. The number of amides is 1. The molecule has 6 nitrogen and oxygen atoms in total. The first kappa shape index (κ1) is 23.7. The Morgan fingerprint density at radius 2 is 1.84 bits per heavy atom. The van der Waals surface area contributed by atoms with Crippen molar-refractivity contribution in [1.29, 1.82) is 0 Å². The molecule has 1 aliphatic rings. The van der Waals surface area contributed by atoms with Gasteiger partial charge in [0.05, 0.1) is 24.4 Å². The van der Waals surface area contributed by atoms with Crippen LogP contribution in [0.1, 0.15) is 74.2 Å². The number of nitrogens with one attached hydrogen (secondary N) is 1. The summed E-state index contributed by atoms with van der Waals surface area (Å²) in [6.45, 7) is 7.93. The molecule has 0 radical (unpaired) electrons. The number of carboxylic acids is 1. The molecule has 1 amide bonds. The molecule has 0 aliphatic carbocycles. The maximum absolute atomic E-state index is 13.5. The highest BCUT2D eigenvalue weighted by molar-refractivity contribution is 5.88. The third-order valence-corrected chi connectivity index (χ3v) is 5.50. The smallest absolute Gasteiger partial charge is 0.335 e. The zero-order valence-corrected chi connectivity index (χ0v) is 18.9. The summed E-state index contributed by atoms with van der Waals surface area (Å²) in [7, 11) is 0. The summed E-state index contributed by atoms with van der Waals surface area (Å²) < 4.78 is 25.9. The molecule has 0 saturated carbocycles. The van der Waals surface area contributed by atoms with E-state index in [9.17, 15) is 19.1 Å². The van der Waals surface area contributed by atoms with Crippen molar-refractivity contribution >= 4 is 11.9 Å². The Kier molecular flexibility index (Phi) is 7.19. The molecule has 1 aliphatic heterocycles. The quantitative estimate of drug-likeness (QED) is 0.626. The lowest BCUT2D eigenvalue weighted by atomic mass is 9.81. The Morgan fingerprint density at radius 1 is 1.19 bits per heavy atom. The average Bonchev–Trinajstić information content (AvgIpc) is 2.71. The van der Waals surface area contributed by atoms with E-state index in [1.165, 1.54) is 25.1 Å². The monoisotopic (exact) mass is 443 g/mol. The number of halogens is 1. The number of carboxylic acid groups (broad SMARTS) is 1. The molecular weight excluding hydrogens is 413 g/mol. The lowest BCUT2D eigenvalue weighted by Gasteiger charge is -2.43. The number of hydrogen-bond acceptors (Lipinski definition) is 4. The van der Waals surface area contributed by atoms with E-state index in [1.807, 2.05) is 20.8 Å². The number of aromatic carboxylic acids is 1. The summed E-state index contributed by atoms with van der Waals surface area (Å²) in [6.07, 6.45) is -0.0179. The Bertz CT molecular complexity index is 975. The fourth-order valence-corrected chi connectivity index (χ4v) is 4.10. The average molecular weight is 444 g/mol. The molecule has 1 fully saturated rings. The van der Waals surface area contributed by atoms with Gasteiger partial charge in [-0.25, -0.2) is 9.18 Å². The Hall–Kier alpha value is -2.93. The molecule has 0 bridgehead atoms. The van der Waals surface area contributed by atoms with Gasteiger partial charge in [0.15, 0.2) is 0 Å². The molecule has 32 heavy (non-hydrogen) atoms. The SMILES string of the molecule is CC(=O)N[C@@]1(C)C[C@@H](c2ccc(F)cc2)O[C@@H](c2cc(C(=O)O)ccc2OCC(C)C)C1. The summed E-state index contributed by atoms with van der Waals surface area (Å²) >= 11 is 0. The van der Waals surface area contributed by atoms with Crippen molar-refractivity contribution in [2.75, 3.05) is 6.61 Å². The zero-order valence-electron chi connectivity index (χ0n) is 18.9. The van der Waals surface area contributed by atoms with Crippen LogP contribution < -0.4 is 10.1 Å². The predicted octanol–water partition coefficient (Wildman–Crippen LogP) is 5.05. The molecule has 3 atom stereocenters. The lowest BCUT2D eigenvalue weighted by Crippen LogP contribution is -2.50. The summed E-state index contributed by atoms with van der Waals surface area (Å²) in [4.78, 5) is 23.6. The first-order valence-corrected chi connectivity index (χ1v) is 10.8. The minimum Gasteiger partial charge on any atom is -0.493 e. The van der Waals surface area contributed by atoms with Gasteiger partial charge < -0.3 is 19.9 Å². The standard InChI is InChI=1S/C25H30FNO5/c1-15(2)14-31-21-10-7-18(24(29)30)11-20(21)23-13-25(4,27-16(3)28)12-22(32-23)17-5-8-19(26)9-6-17/h5-11,15,22-23H,12-14H2,1-4H3,(H,27,28)(H,29,30)/t22-,23+,25-/m0/s1. The van der Waals surface area contributed by atoms with E-state index in [4.69, 9.17) is 9.47 Å². The van der Waals surface area contributed by atoms with Crippen LogP contribution in [-0.4, -0.2) is 29.1 Å². The van der Waals surface area contributed by atoms with Crippen molar-refractivity contribution in [3.8, 4) is 5.75 Å². The van der Waals surface area contributed by atoms with Crippen LogP contribution in [0.2, 0.25) is 0 Å². The van der Waals surface area contributed by atoms with Crippen molar-refractivity contribution in [3.05, 3.63) is 65.0 Å². The fourth-order valence-electron chi connectivity index (χ4n) is 4.10. The number of rotatable bonds is 7. The molecule has 0 spiro atoms. The van der Waals surface area contributed by atoms with Gasteiger partial charge in [-0.2, -0.15) is 0 Å². The Balaban J connectivity index is 2.03. The highest BCUT2D eigenvalue weighted by Crippen LogP contribution is 2.46. The normalized spacial score (nSPS) is 23.1. The largest absolute Gasteiger partial charge is 0.493 e. The third-order valence-electron chi connectivity index (χ3n) is 5.50. The van der Waals surface area contributed by atoms with Gasteiger partial charge in [0.2, 0.25) is 5.91 Å². The Morgan fingerprint density at radius 3 is 2.44 bits per heavy atom. The minimum absolute atomic E-state index is 0.130. The number of hydrogen-bond donors (Lipinski definition) is 2. The van der Waals surface area contributed by atoms with Crippen LogP contribution in [0.25, 0.3) is 0 Å². The highest BCUT2D eigenvalue weighted by atomic mass is 19.1. The van der Waals surface area contributed by atoms with Crippen LogP contribution in [0.15, 0.2) is 42.5 Å². The lowest BCUT2D eigenvalue weighted by molar-refractivity contribution is -0.126. The van der Waals surface area contributed by atoms with E-state index in [0.717, 1.165) is 5.56 Å². The minimum atomic E-state index is -1.04. The van der Waals surface area contributed by atoms with Crippen LogP contribution in [0.5, 0.6) is 5.75 Å². The summed E-state index contributed by atoms with van der Waals surface area (Å²) in [5.74, 6) is -0.715. The van der Waals surface area contributed by atoms with Crippen molar-refractivity contribution in [3.63, 3.8) is 0 Å². The maximum atomic E-state index is 13.5. The number of carbonyl (C=O) groups excluding carboxylic acids is 1. The molecule has 2 aromatic carbocycles. The molecule has 172 valence electrons. The second-order valence-electron chi connectivity index (χ2n) is 9.08. The van der Waals surface area contributed by atoms with E-state index >= 15 is 0 Å². The summed E-state index contributed by atoms with van der Waals surface area (Å²) in [6, 6.07) is 10.8. The number of carbonyl (C=O) groups is 2. The van der Waals surface area contributed by atoms with Gasteiger partial charge in [-0.1, -0.05) is 26.0 Å². The molecule has 7 heteroatoms. The summed E-state index contributed by atoms with van der Waals surface area (Å²) in [5, 5.41) is 12.5. The molecular formula is C25H30FNO5. The fraction of sp³-hybridized carbons (Fsp3) is 0.440. The van der Waals surface area contributed by atoms with Crippen molar-refractivity contribution in [2.24, 2.45) is 5.92 Å². The topological polar surface area (TPSA) is 84.9 Å². The van der Waals surface area contributed by atoms with E-state index < -0.39 is 23.7 Å². The van der Waals surface area contributed by atoms with Crippen LogP contribution in [0.3, 0.4) is 0 Å². The van der Waals surface area contributed by atoms with Crippen LogP contribution >= 0.6 is 0 Å². The van der Waals surface area contributed by atoms with E-state index in [-0.39, 0.29) is 23.2 Å². The van der Waals surface area contributed by atoms with E-state index in [2.05, 4.69) is 5.32 Å². The van der Waals surface area contributed by atoms with Crippen LogP contribution in [-0.2, 0) is 9.53 Å². The van der Waals surface area contributed by atoms with Gasteiger partial charge >= 0.3 is 5.97 Å². The molecule has 3 rings (SSSR count). The second-order valence-corrected chi connectivity index (χ2v) is 9.08. The van der Waals surface area contributed by atoms with Gasteiger partial charge in [0, 0.05) is 30.9 Å². The predicted molar refractivity (Wildman–Crippen MR) is 118 cm³/mol. The molecule has 0 aromatic heterocycles. The Labute approximate surface area is 187 Å². The zero-order chi connectivity index (χ0) is 23.5. The first-order valence-electron chi connectivity index (χ1n) is 10.8. The van der Waals surface area contributed by atoms with Gasteiger partial charge in [-0.3, -0.25) is 4.79 Å². The first-order chi connectivity index (χ1) is 15.1. The van der Waals surface area contributed by atoms with E-state index in [0.29, 0.717) is 30.8 Å². The van der Waals surface area contributed by atoms with Gasteiger partial charge in [0.25, 0.3) is 0 Å². The van der Waals surface area contributed by atoms with Crippen LogP contribution in [0, 0.1) is 11.7 Å². The maximum Gasteiger partial charge on any atom is 0.335 e. The van der Waals surface area contributed by atoms with E-state index in [1.54, 1.807) is 24.3 Å². The van der Waals surface area contributed by atoms with Gasteiger partial charge in [-0.05, 0) is 48.7 Å². The van der Waals surface area contributed by atoms with Crippen molar-refractivity contribution in [2.45, 2.75) is 58.3 Å². The molecule has 0 unspecified atom stereocenters. The van der Waals surface area contributed by atoms with Gasteiger partial charge in [0.1, 0.15) is 11.6 Å². The molecule has 2 N–H and O–H groups in total. The molecule has 1 saturated heterocycles.